The zero-order valence-electron chi connectivity index (χ0n) is 10.7. The summed E-state index contributed by atoms with van der Waals surface area (Å²) in [5.74, 6) is 0. The molecular formula is C17H14N2. The van der Waals surface area contributed by atoms with Crippen LogP contribution in [-0.2, 0) is 0 Å². The topological polar surface area (TPSA) is 25.8 Å². The summed E-state index contributed by atoms with van der Waals surface area (Å²) in [7, 11) is 0. The predicted molar refractivity (Wildman–Crippen MR) is 77.6 cm³/mol. The Morgan fingerprint density at radius 1 is 0.737 bits per heavy atom. The zero-order chi connectivity index (χ0) is 13.1. The van der Waals surface area contributed by atoms with Crippen molar-refractivity contribution < 1.29 is 0 Å². The van der Waals surface area contributed by atoms with Crippen molar-refractivity contribution in [3.05, 3.63) is 72.4 Å². The molecule has 1 aromatic heterocycles. The molecule has 0 saturated carbocycles. The second kappa shape index (κ2) is 5.02. The highest BCUT2D eigenvalue weighted by atomic mass is 15.1. The summed E-state index contributed by atoms with van der Waals surface area (Å²) in [5, 5.41) is 8.43. The average Bonchev–Trinajstić information content (AvgIpc) is 2.49. The lowest BCUT2D eigenvalue weighted by molar-refractivity contribution is 1.02. The van der Waals surface area contributed by atoms with E-state index in [4.69, 9.17) is 0 Å². The minimum absolute atomic E-state index is 0.946. The van der Waals surface area contributed by atoms with E-state index in [0.717, 1.165) is 22.4 Å². The molecule has 3 aromatic rings. The van der Waals surface area contributed by atoms with E-state index in [0.29, 0.717) is 0 Å². The number of hydrogen-bond acceptors (Lipinski definition) is 2. The molecule has 2 heteroatoms. The Morgan fingerprint density at radius 3 is 1.95 bits per heavy atom. The van der Waals surface area contributed by atoms with E-state index in [1.165, 1.54) is 5.56 Å². The van der Waals surface area contributed by atoms with Gasteiger partial charge in [0.2, 0.25) is 0 Å². The molecule has 0 saturated heterocycles. The monoisotopic (exact) mass is 246 g/mol. The summed E-state index contributed by atoms with van der Waals surface area (Å²) in [6.07, 6.45) is 1.83. The molecule has 0 atom stereocenters. The second-order valence-corrected chi connectivity index (χ2v) is 4.46. The molecule has 0 aliphatic carbocycles. The van der Waals surface area contributed by atoms with Crippen LogP contribution in [0.5, 0.6) is 0 Å². The smallest absolute Gasteiger partial charge is 0.0964 e. The molecule has 0 unspecified atom stereocenters. The van der Waals surface area contributed by atoms with Crippen LogP contribution in [0.2, 0.25) is 0 Å². The third-order valence-corrected chi connectivity index (χ3v) is 3.24. The van der Waals surface area contributed by atoms with Gasteiger partial charge in [-0.25, -0.2) is 0 Å². The van der Waals surface area contributed by atoms with Gasteiger partial charge in [0.1, 0.15) is 0 Å². The summed E-state index contributed by atoms with van der Waals surface area (Å²) in [6, 6.07) is 20.5. The highest BCUT2D eigenvalue weighted by molar-refractivity contribution is 5.74. The first kappa shape index (κ1) is 11.6. The molecule has 0 bridgehead atoms. The Hall–Kier alpha value is -2.48. The highest BCUT2D eigenvalue weighted by Gasteiger charge is 2.09. The lowest BCUT2D eigenvalue weighted by atomic mass is 9.99. The molecule has 92 valence electrons. The van der Waals surface area contributed by atoms with Gasteiger partial charge in [0.05, 0.1) is 11.9 Å². The van der Waals surface area contributed by atoms with E-state index >= 15 is 0 Å². The zero-order valence-corrected chi connectivity index (χ0v) is 10.7. The molecular weight excluding hydrogens is 232 g/mol. The Kier molecular flexibility index (Phi) is 3.07. The molecule has 2 aromatic carbocycles. The van der Waals surface area contributed by atoms with Gasteiger partial charge in [0, 0.05) is 11.1 Å². The average molecular weight is 246 g/mol. The molecule has 3 rings (SSSR count). The summed E-state index contributed by atoms with van der Waals surface area (Å²) in [5.41, 5.74) is 5.51. The quantitative estimate of drug-likeness (QED) is 0.679. The third kappa shape index (κ3) is 2.25. The number of nitrogens with zero attached hydrogens (tertiary/aromatic N) is 2. The van der Waals surface area contributed by atoms with E-state index in [9.17, 15) is 0 Å². The molecule has 0 N–H and O–H groups in total. The molecule has 0 spiro atoms. The molecule has 2 nitrogen and oxygen atoms in total. The van der Waals surface area contributed by atoms with Crippen LogP contribution in [0.15, 0.2) is 66.9 Å². The summed E-state index contributed by atoms with van der Waals surface area (Å²) in [4.78, 5) is 0. The van der Waals surface area contributed by atoms with Gasteiger partial charge in [-0.2, -0.15) is 10.2 Å². The minimum Gasteiger partial charge on any atom is -0.158 e. The van der Waals surface area contributed by atoms with Crippen LogP contribution in [0, 0.1) is 6.92 Å². The van der Waals surface area contributed by atoms with E-state index in [1.54, 1.807) is 0 Å². The molecule has 19 heavy (non-hydrogen) atoms. The van der Waals surface area contributed by atoms with Gasteiger partial charge in [-0.1, -0.05) is 60.7 Å². The van der Waals surface area contributed by atoms with Crippen LogP contribution in [0.3, 0.4) is 0 Å². The third-order valence-electron chi connectivity index (χ3n) is 3.24. The first-order valence-corrected chi connectivity index (χ1v) is 6.29. The number of rotatable bonds is 2. The summed E-state index contributed by atoms with van der Waals surface area (Å²) in [6.45, 7) is 2.10. The SMILES string of the molecule is Cc1c(-c2ccccc2)cnnc1-c1ccccc1. The fourth-order valence-corrected chi connectivity index (χ4v) is 2.22. The number of aromatic nitrogens is 2. The molecule has 0 aliphatic rings. The van der Waals surface area contributed by atoms with Crippen LogP contribution in [0.1, 0.15) is 5.56 Å². The van der Waals surface area contributed by atoms with Gasteiger partial charge >= 0.3 is 0 Å². The van der Waals surface area contributed by atoms with Crippen molar-refractivity contribution >= 4 is 0 Å². The van der Waals surface area contributed by atoms with Gasteiger partial charge < -0.3 is 0 Å². The fraction of sp³-hybridized carbons (Fsp3) is 0.0588. The van der Waals surface area contributed by atoms with Crippen LogP contribution in [0.4, 0.5) is 0 Å². The Balaban J connectivity index is 2.15. The maximum absolute atomic E-state index is 4.28. The normalized spacial score (nSPS) is 10.4. The van der Waals surface area contributed by atoms with Gasteiger partial charge in [-0.3, -0.25) is 0 Å². The molecule has 0 amide bonds. The first-order chi connectivity index (χ1) is 9.36. The lowest BCUT2D eigenvalue weighted by Gasteiger charge is -2.09. The van der Waals surface area contributed by atoms with Crippen molar-refractivity contribution in [2.75, 3.05) is 0 Å². The first-order valence-electron chi connectivity index (χ1n) is 6.29. The predicted octanol–water partition coefficient (Wildman–Crippen LogP) is 4.12. The Labute approximate surface area is 112 Å². The molecule has 0 aliphatic heterocycles. The van der Waals surface area contributed by atoms with E-state index in [-0.39, 0.29) is 0 Å². The summed E-state index contributed by atoms with van der Waals surface area (Å²) >= 11 is 0. The number of benzene rings is 2. The lowest BCUT2D eigenvalue weighted by Crippen LogP contribution is -1.94. The maximum Gasteiger partial charge on any atom is 0.0964 e. The molecule has 1 heterocycles. The maximum atomic E-state index is 4.28. The van der Waals surface area contributed by atoms with Gasteiger partial charge in [0.15, 0.2) is 0 Å². The van der Waals surface area contributed by atoms with E-state index in [2.05, 4.69) is 41.4 Å². The standard InChI is InChI=1S/C17H14N2/c1-13-16(14-8-4-2-5-9-14)12-18-19-17(13)15-10-6-3-7-11-15/h2-12H,1H3. The van der Waals surface area contributed by atoms with Crippen LogP contribution in [-0.4, -0.2) is 10.2 Å². The second-order valence-electron chi connectivity index (χ2n) is 4.46. The van der Waals surface area contributed by atoms with Crippen molar-refractivity contribution in [1.29, 1.82) is 0 Å². The van der Waals surface area contributed by atoms with Crippen molar-refractivity contribution in [2.45, 2.75) is 6.92 Å². The largest absolute Gasteiger partial charge is 0.158 e. The Morgan fingerprint density at radius 2 is 1.32 bits per heavy atom. The molecule has 0 radical (unpaired) electrons. The van der Waals surface area contributed by atoms with Gasteiger partial charge in [-0.05, 0) is 18.1 Å². The van der Waals surface area contributed by atoms with Gasteiger partial charge in [-0.15, -0.1) is 0 Å². The fourth-order valence-electron chi connectivity index (χ4n) is 2.22. The van der Waals surface area contributed by atoms with Crippen molar-refractivity contribution in [2.24, 2.45) is 0 Å². The van der Waals surface area contributed by atoms with Crippen molar-refractivity contribution in [1.82, 2.24) is 10.2 Å². The van der Waals surface area contributed by atoms with E-state index in [1.807, 2.05) is 42.6 Å². The van der Waals surface area contributed by atoms with Crippen LogP contribution < -0.4 is 0 Å². The van der Waals surface area contributed by atoms with Crippen molar-refractivity contribution in [3.63, 3.8) is 0 Å². The highest BCUT2D eigenvalue weighted by Crippen LogP contribution is 2.28. The molecule has 0 fully saturated rings. The van der Waals surface area contributed by atoms with Crippen LogP contribution >= 0.6 is 0 Å². The minimum atomic E-state index is 0.946. The van der Waals surface area contributed by atoms with E-state index < -0.39 is 0 Å². The van der Waals surface area contributed by atoms with Crippen molar-refractivity contribution in [3.8, 4) is 22.4 Å². The van der Waals surface area contributed by atoms with Gasteiger partial charge in [0.25, 0.3) is 0 Å². The van der Waals surface area contributed by atoms with Crippen LogP contribution in [0.25, 0.3) is 22.4 Å². The number of hydrogen-bond donors (Lipinski definition) is 0. The summed E-state index contributed by atoms with van der Waals surface area (Å²) < 4.78 is 0. The Bertz CT molecular complexity index is 618.